The number of rotatable bonds is 4. The first kappa shape index (κ1) is 23.6. The number of aromatic nitrogens is 1. The van der Waals surface area contributed by atoms with E-state index < -0.39 is 0 Å². The molecule has 35 heavy (non-hydrogen) atoms. The quantitative estimate of drug-likeness (QED) is 0.656. The van der Waals surface area contributed by atoms with Crippen molar-refractivity contribution in [2.24, 2.45) is 5.92 Å². The average molecular weight is 480 g/mol. The molecule has 3 aliphatic rings. The lowest BCUT2D eigenvalue weighted by Crippen LogP contribution is -2.46. The maximum absolute atomic E-state index is 13.4. The van der Waals surface area contributed by atoms with E-state index in [1.807, 2.05) is 29.0 Å². The molecule has 0 atom stereocenters. The summed E-state index contributed by atoms with van der Waals surface area (Å²) in [4.78, 5) is 35.2. The second-order valence-electron chi connectivity index (χ2n) is 10.2. The fourth-order valence-corrected chi connectivity index (χ4v) is 5.72. The van der Waals surface area contributed by atoms with Crippen LogP contribution in [0, 0.1) is 11.7 Å². The normalized spacial score (nSPS) is 18.6. The van der Waals surface area contributed by atoms with Gasteiger partial charge in [0.25, 0.3) is 0 Å². The number of likely N-dealkylation sites (tertiary alicyclic amines) is 1. The summed E-state index contributed by atoms with van der Waals surface area (Å²) < 4.78 is 13.4. The molecule has 1 aliphatic carbocycles. The molecule has 0 spiro atoms. The highest BCUT2D eigenvalue weighted by atomic mass is 19.1. The Kier molecular flexibility index (Phi) is 6.88. The predicted octanol–water partition coefficient (Wildman–Crippen LogP) is 5.19. The summed E-state index contributed by atoms with van der Waals surface area (Å²) >= 11 is 0. The number of piperidine rings is 1. The van der Waals surface area contributed by atoms with E-state index in [1.165, 1.54) is 43.5 Å². The minimum absolute atomic E-state index is 0.162. The summed E-state index contributed by atoms with van der Waals surface area (Å²) in [6.45, 7) is 3.18. The van der Waals surface area contributed by atoms with E-state index >= 15 is 0 Å². The molecule has 2 fully saturated rings. The SMILES string of the molecule is CN(CC1CCCC1)C(=O)N1CCC(c2ccc(NC(=O)N3Cc4cc(F)cnc4C3)cc2)CC1. The van der Waals surface area contributed by atoms with Gasteiger partial charge in [0.05, 0.1) is 18.4 Å². The highest BCUT2D eigenvalue weighted by Crippen LogP contribution is 2.30. The molecule has 186 valence electrons. The largest absolute Gasteiger partial charge is 0.327 e. The van der Waals surface area contributed by atoms with Crippen LogP contribution in [0.2, 0.25) is 0 Å². The van der Waals surface area contributed by atoms with E-state index in [-0.39, 0.29) is 17.9 Å². The first-order valence-corrected chi connectivity index (χ1v) is 12.8. The van der Waals surface area contributed by atoms with Crippen molar-refractivity contribution in [1.29, 1.82) is 0 Å². The lowest BCUT2D eigenvalue weighted by atomic mass is 9.89. The minimum Gasteiger partial charge on any atom is -0.327 e. The number of fused-ring (bicyclic) bond motifs is 1. The van der Waals surface area contributed by atoms with Crippen LogP contribution in [-0.2, 0) is 13.1 Å². The van der Waals surface area contributed by atoms with Gasteiger partial charge >= 0.3 is 12.1 Å². The van der Waals surface area contributed by atoms with Gasteiger partial charge in [-0.05, 0) is 66.8 Å². The van der Waals surface area contributed by atoms with Crippen LogP contribution >= 0.6 is 0 Å². The van der Waals surface area contributed by atoms with Gasteiger partial charge in [-0.2, -0.15) is 0 Å². The van der Waals surface area contributed by atoms with Gasteiger partial charge in [-0.3, -0.25) is 4.98 Å². The van der Waals surface area contributed by atoms with Crippen molar-refractivity contribution in [2.45, 2.75) is 57.5 Å². The van der Waals surface area contributed by atoms with Gasteiger partial charge in [0.15, 0.2) is 0 Å². The topological polar surface area (TPSA) is 68.8 Å². The maximum atomic E-state index is 13.4. The Labute approximate surface area is 206 Å². The molecule has 7 nitrogen and oxygen atoms in total. The molecule has 0 unspecified atom stereocenters. The van der Waals surface area contributed by atoms with Crippen molar-refractivity contribution in [3.05, 3.63) is 59.2 Å². The van der Waals surface area contributed by atoms with Crippen LogP contribution in [0.1, 0.15) is 61.3 Å². The number of pyridine rings is 1. The number of hydrogen-bond acceptors (Lipinski definition) is 3. The first-order valence-electron chi connectivity index (χ1n) is 12.8. The molecule has 5 rings (SSSR count). The average Bonchev–Trinajstić information content (AvgIpc) is 3.54. The number of urea groups is 2. The molecule has 1 saturated heterocycles. The Balaban J connectivity index is 1.10. The van der Waals surface area contributed by atoms with Gasteiger partial charge in [0.2, 0.25) is 0 Å². The molecule has 0 bridgehead atoms. The van der Waals surface area contributed by atoms with Crippen LogP contribution in [0.25, 0.3) is 0 Å². The Morgan fingerprint density at radius 2 is 1.77 bits per heavy atom. The van der Waals surface area contributed by atoms with Crippen molar-refractivity contribution in [3.63, 3.8) is 0 Å². The van der Waals surface area contributed by atoms with Crippen LogP contribution in [-0.4, -0.2) is 58.4 Å². The molecule has 2 aliphatic heterocycles. The van der Waals surface area contributed by atoms with Crippen LogP contribution in [0.3, 0.4) is 0 Å². The molecule has 2 aromatic rings. The van der Waals surface area contributed by atoms with Gasteiger partial charge in [-0.25, -0.2) is 14.0 Å². The predicted molar refractivity (Wildman–Crippen MR) is 132 cm³/mol. The smallest absolute Gasteiger partial charge is 0.322 e. The van der Waals surface area contributed by atoms with Gasteiger partial charge in [-0.1, -0.05) is 25.0 Å². The van der Waals surface area contributed by atoms with Crippen molar-refractivity contribution >= 4 is 17.7 Å². The molecule has 8 heteroatoms. The lowest BCUT2D eigenvalue weighted by Gasteiger charge is -2.35. The Hall–Kier alpha value is -3.16. The van der Waals surface area contributed by atoms with Gasteiger partial charge in [0.1, 0.15) is 5.82 Å². The summed E-state index contributed by atoms with van der Waals surface area (Å²) in [6, 6.07) is 9.39. The number of benzene rings is 1. The monoisotopic (exact) mass is 479 g/mol. The highest BCUT2D eigenvalue weighted by Gasteiger charge is 2.28. The zero-order valence-electron chi connectivity index (χ0n) is 20.4. The van der Waals surface area contributed by atoms with E-state index in [0.717, 1.165) is 49.4 Å². The minimum atomic E-state index is -0.382. The number of amides is 4. The Morgan fingerprint density at radius 1 is 1.06 bits per heavy atom. The third kappa shape index (κ3) is 5.41. The second-order valence-corrected chi connectivity index (χ2v) is 10.2. The Bertz CT molecular complexity index is 1060. The summed E-state index contributed by atoms with van der Waals surface area (Å²) in [6.07, 6.45) is 8.18. The summed E-state index contributed by atoms with van der Waals surface area (Å²) in [5.74, 6) is 0.701. The molecule has 1 aromatic carbocycles. The van der Waals surface area contributed by atoms with Crippen LogP contribution in [0.5, 0.6) is 0 Å². The van der Waals surface area contributed by atoms with Gasteiger partial charge in [0, 0.05) is 38.9 Å². The van der Waals surface area contributed by atoms with Gasteiger partial charge < -0.3 is 20.0 Å². The first-order chi connectivity index (χ1) is 17.0. The number of nitrogens with zero attached hydrogens (tertiary/aromatic N) is 4. The summed E-state index contributed by atoms with van der Waals surface area (Å²) in [7, 11) is 1.94. The fourth-order valence-electron chi connectivity index (χ4n) is 5.72. The lowest BCUT2D eigenvalue weighted by molar-refractivity contribution is 0.143. The molecule has 3 heterocycles. The molecule has 1 N–H and O–H groups in total. The molecular weight excluding hydrogens is 445 g/mol. The number of anilines is 1. The number of hydrogen-bond donors (Lipinski definition) is 1. The van der Waals surface area contributed by atoms with Crippen LogP contribution in [0.4, 0.5) is 19.7 Å². The van der Waals surface area contributed by atoms with Gasteiger partial charge in [-0.15, -0.1) is 0 Å². The van der Waals surface area contributed by atoms with E-state index in [0.29, 0.717) is 24.9 Å². The van der Waals surface area contributed by atoms with Crippen molar-refractivity contribution < 1.29 is 14.0 Å². The zero-order chi connectivity index (χ0) is 24.4. The second kappa shape index (κ2) is 10.2. The van der Waals surface area contributed by atoms with E-state index in [1.54, 1.807) is 4.90 Å². The summed E-state index contributed by atoms with van der Waals surface area (Å²) in [5, 5.41) is 2.93. The standard InChI is InChI=1S/C27H34FN5O2/c1-31(16-19-4-2-3-5-19)27(35)32-12-10-21(11-13-32)20-6-8-24(9-7-20)30-26(34)33-17-22-14-23(28)15-29-25(22)18-33/h6-9,14-15,19,21H,2-5,10-13,16-18H2,1H3,(H,30,34). The van der Waals surface area contributed by atoms with E-state index in [9.17, 15) is 14.0 Å². The Morgan fingerprint density at radius 3 is 2.49 bits per heavy atom. The van der Waals surface area contributed by atoms with Crippen LogP contribution < -0.4 is 5.32 Å². The van der Waals surface area contributed by atoms with Crippen LogP contribution in [0.15, 0.2) is 36.5 Å². The molecular formula is C27H34FN5O2. The molecule has 1 aromatic heterocycles. The fraction of sp³-hybridized carbons (Fsp3) is 0.519. The van der Waals surface area contributed by atoms with Crippen molar-refractivity contribution in [3.8, 4) is 0 Å². The molecule has 0 radical (unpaired) electrons. The molecule has 4 amide bonds. The van der Waals surface area contributed by atoms with Crippen molar-refractivity contribution in [1.82, 2.24) is 19.7 Å². The maximum Gasteiger partial charge on any atom is 0.322 e. The zero-order valence-corrected chi connectivity index (χ0v) is 20.4. The van der Waals surface area contributed by atoms with E-state index in [4.69, 9.17) is 0 Å². The number of nitrogens with one attached hydrogen (secondary N) is 1. The highest BCUT2D eigenvalue weighted by molar-refractivity contribution is 5.89. The third-order valence-corrected chi connectivity index (χ3v) is 7.75. The number of carbonyl (C=O) groups excluding carboxylic acids is 2. The van der Waals surface area contributed by atoms with E-state index in [2.05, 4.69) is 22.4 Å². The molecule has 1 saturated carbocycles. The number of halogens is 1. The van der Waals surface area contributed by atoms with Crippen molar-refractivity contribution in [2.75, 3.05) is 32.0 Å². The number of carbonyl (C=O) groups is 2. The summed E-state index contributed by atoms with van der Waals surface area (Å²) in [5.41, 5.74) is 3.47. The third-order valence-electron chi connectivity index (χ3n) is 7.75.